The van der Waals surface area contributed by atoms with Gasteiger partial charge in [-0.1, -0.05) is 17.7 Å². The molecular formula is C12H12ClNO3. The molecule has 0 aliphatic carbocycles. The zero-order chi connectivity index (χ0) is 12.6. The number of methoxy groups -OCH3 is 1. The van der Waals surface area contributed by atoms with E-state index in [0.717, 1.165) is 4.90 Å². The smallest absolute Gasteiger partial charge is 0.237 e. The monoisotopic (exact) mass is 253 g/mol. The summed E-state index contributed by atoms with van der Waals surface area (Å²) in [6.45, 7) is 0. The number of carbonyl (C=O) groups is 2. The number of nitrogens with zero attached hydrogens (tertiary/aromatic N) is 1. The summed E-state index contributed by atoms with van der Waals surface area (Å²) in [5, 5.41) is 0.538. The van der Waals surface area contributed by atoms with E-state index in [1.165, 1.54) is 14.2 Å². The van der Waals surface area contributed by atoms with Crippen LogP contribution in [-0.4, -0.2) is 30.9 Å². The molecule has 1 aliphatic heterocycles. The topological polar surface area (TPSA) is 46.6 Å². The van der Waals surface area contributed by atoms with Crippen LogP contribution in [0.2, 0.25) is 5.02 Å². The Morgan fingerprint density at radius 1 is 1.41 bits per heavy atom. The van der Waals surface area contributed by atoms with Gasteiger partial charge in [-0.3, -0.25) is 14.5 Å². The molecule has 2 amide bonds. The summed E-state index contributed by atoms with van der Waals surface area (Å²) in [7, 11) is 3.01. The Morgan fingerprint density at radius 2 is 2.12 bits per heavy atom. The molecule has 0 aromatic heterocycles. The van der Waals surface area contributed by atoms with Crippen LogP contribution in [-0.2, 0) is 9.59 Å². The van der Waals surface area contributed by atoms with E-state index in [-0.39, 0.29) is 18.2 Å². The van der Waals surface area contributed by atoms with Crippen molar-refractivity contribution in [3.63, 3.8) is 0 Å². The maximum atomic E-state index is 11.9. The van der Waals surface area contributed by atoms with Gasteiger partial charge >= 0.3 is 0 Å². The second-order valence-corrected chi connectivity index (χ2v) is 4.37. The van der Waals surface area contributed by atoms with Gasteiger partial charge in [-0.25, -0.2) is 0 Å². The van der Waals surface area contributed by atoms with Gasteiger partial charge in [-0.15, -0.1) is 0 Å². The summed E-state index contributed by atoms with van der Waals surface area (Å²) in [5.41, 5.74) is 0.708. The Hall–Kier alpha value is -1.55. The van der Waals surface area contributed by atoms with Crippen molar-refractivity contribution in [3.05, 3.63) is 28.8 Å². The Bertz CT molecular complexity index is 487. The van der Waals surface area contributed by atoms with Crippen molar-refractivity contribution >= 4 is 23.4 Å². The predicted octanol–water partition coefficient (Wildman–Crippen LogP) is 1.82. The van der Waals surface area contributed by atoms with Crippen molar-refractivity contribution in [2.24, 2.45) is 0 Å². The molecule has 1 heterocycles. The Balaban J connectivity index is 2.41. The fourth-order valence-electron chi connectivity index (χ4n) is 1.97. The molecule has 1 fully saturated rings. The molecule has 4 nitrogen and oxygen atoms in total. The molecule has 0 N–H and O–H groups in total. The van der Waals surface area contributed by atoms with Gasteiger partial charge in [0.15, 0.2) is 0 Å². The Labute approximate surface area is 104 Å². The maximum absolute atomic E-state index is 11.9. The molecule has 0 spiro atoms. The van der Waals surface area contributed by atoms with Crippen molar-refractivity contribution in [2.45, 2.75) is 12.3 Å². The van der Waals surface area contributed by atoms with Crippen LogP contribution in [0.4, 0.5) is 0 Å². The first-order chi connectivity index (χ1) is 8.04. The van der Waals surface area contributed by atoms with E-state index in [2.05, 4.69) is 0 Å². The molecule has 1 aromatic carbocycles. The minimum Gasteiger partial charge on any atom is -0.496 e. The molecular weight excluding hydrogens is 242 g/mol. The molecule has 1 atom stereocenters. The lowest BCUT2D eigenvalue weighted by Crippen LogP contribution is -2.25. The van der Waals surface area contributed by atoms with Crippen molar-refractivity contribution in [1.29, 1.82) is 0 Å². The first kappa shape index (κ1) is 11.9. The third kappa shape index (κ3) is 2.00. The minimum atomic E-state index is -0.459. The van der Waals surface area contributed by atoms with Crippen LogP contribution in [0.5, 0.6) is 5.75 Å². The Morgan fingerprint density at radius 3 is 2.65 bits per heavy atom. The molecule has 0 saturated carbocycles. The van der Waals surface area contributed by atoms with E-state index in [1.54, 1.807) is 18.2 Å². The fourth-order valence-corrected chi connectivity index (χ4v) is 2.13. The van der Waals surface area contributed by atoms with Gasteiger partial charge in [0, 0.05) is 24.1 Å². The average molecular weight is 254 g/mol. The average Bonchev–Trinajstić information content (AvgIpc) is 2.57. The maximum Gasteiger partial charge on any atom is 0.237 e. The molecule has 1 aromatic rings. The summed E-state index contributed by atoms with van der Waals surface area (Å²) in [6.07, 6.45) is 0.188. The third-order valence-corrected chi connectivity index (χ3v) is 3.19. The van der Waals surface area contributed by atoms with Crippen LogP contribution < -0.4 is 4.74 Å². The van der Waals surface area contributed by atoms with Crippen LogP contribution in [0.25, 0.3) is 0 Å². The standard InChI is InChI=1S/C12H12ClNO3/c1-14-11(15)6-9(12(14)16)8-4-3-7(13)5-10(8)17-2/h3-5,9H,6H2,1-2H3. The van der Waals surface area contributed by atoms with Gasteiger partial charge in [0.1, 0.15) is 5.75 Å². The van der Waals surface area contributed by atoms with E-state index < -0.39 is 5.92 Å². The molecule has 1 saturated heterocycles. The highest BCUT2D eigenvalue weighted by molar-refractivity contribution is 6.30. The number of hydrogen-bond acceptors (Lipinski definition) is 3. The van der Waals surface area contributed by atoms with Crippen molar-refractivity contribution in [3.8, 4) is 5.75 Å². The number of halogens is 1. The van der Waals surface area contributed by atoms with Gasteiger partial charge in [-0.2, -0.15) is 0 Å². The zero-order valence-corrected chi connectivity index (χ0v) is 10.3. The first-order valence-electron chi connectivity index (χ1n) is 5.18. The molecule has 5 heteroatoms. The van der Waals surface area contributed by atoms with Crippen LogP contribution in [0.15, 0.2) is 18.2 Å². The number of hydrogen-bond donors (Lipinski definition) is 0. The van der Waals surface area contributed by atoms with Gasteiger partial charge in [-0.05, 0) is 12.1 Å². The number of ether oxygens (including phenoxy) is 1. The summed E-state index contributed by atoms with van der Waals surface area (Å²) in [5.74, 6) is -0.286. The second kappa shape index (κ2) is 4.37. The number of imide groups is 1. The summed E-state index contributed by atoms with van der Waals surface area (Å²) in [6, 6.07) is 5.07. The van der Waals surface area contributed by atoms with E-state index in [0.29, 0.717) is 16.3 Å². The van der Waals surface area contributed by atoms with Crippen molar-refractivity contribution < 1.29 is 14.3 Å². The lowest BCUT2D eigenvalue weighted by atomic mass is 9.96. The predicted molar refractivity (Wildman–Crippen MR) is 63.1 cm³/mol. The lowest BCUT2D eigenvalue weighted by Gasteiger charge is -2.13. The number of rotatable bonds is 2. The van der Waals surface area contributed by atoms with E-state index >= 15 is 0 Å². The molecule has 17 heavy (non-hydrogen) atoms. The quantitative estimate of drug-likeness (QED) is 0.756. The molecule has 0 bridgehead atoms. The van der Waals surface area contributed by atoms with Crippen molar-refractivity contribution in [2.75, 3.05) is 14.2 Å². The summed E-state index contributed by atoms with van der Waals surface area (Å²) in [4.78, 5) is 24.5. The molecule has 2 rings (SSSR count). The minimum absolute atomic E-state index is 0.169. The molecule has 0 radical (unpaired) electrons. The molecule has 90 valence electrons. The normalized spacial score (nSPS) is 19.9. The number of amides is 2. The van der Waals surface area contributed by atoms with Gasteiger partial charge < -0.3 is 4.74 Å². The van der Waals surface area contributed by atoms with Gasteiger partial charge in [0.25, 0.3) is 0 Å². The van der Waals surface area contributed by atoms with Gasteiger partial charge in [0.05, 0.1) is 13.0 Å². The highest BCUT2D eigenvalue weighted by Gasteiger charge is 2.38. The Kier molecular flexibility index (Phi) is 3.07. The first-order valence-corrected chi connectivity index (χ1v) is 5.56. The van der Waals surface area contributed by atoms with Crippen LogP contribution in [0, 0.1) is 0 Å². The second-order valence-electron chi connectivity index (χ2n) is 3.93. The fraction of sp³-hybridized carbons (Fsp3) is 0.333. The van der Waals surface area contributed by atoms with E-state index in [9.17, 15) is 9.59 Å². The number of benzene rings is 1. The van der Waals surface area contributed by atoms with Gasteiger partial charge in [0.2, 0.25) is 11.8 Å². The van der Waals surface area contributed by atoms with E-state index in [4.69, 9.17) is 16.3 Å². The summed E-state index contributed by atoms with van der Waals surface area (Å²) >= 11 is 5.85. The molecule has 1 aliphatic rings. The van der Waals surface area contributed by atoms with Crippen LogP contribution in [0.3, 0.4) is 0 Å². The van der Waals surface area contributed by atoms with Crippen LogP contribution >= 0.6 is 11.6 Å². The molecule has 1 unspecified atom stereocenters. The number of carbonyl (C=O) groups excluding carboxylic acids is 2. The zero-order valence-electron chi connectivity index (χ0n) is 9.57. The third-order valence-electron chi connectivity index (χ3n) is 2.95. The number of likely N-dealkylation sites (tertiary alicyclic amines) is 1. The summed E-state index contributed by atoms with van der Waals surface area (Å²) < 4.78 is 5.19. The highest BCUT2D eigenvalue weighted by Crippen LogP contribution is 2.35. The largest absolute Gasteiger partial charge is 0.496 e. The highest BCUT2D eigenvalue weighted by atomic mass is 35.5. The van der Waals surface area contributed by atoms with Crippen molar-refractivity contribution in [1.82, 2.24) is 4.90 Å². The SMILES string of the molecule is COc1cc(Cl)ccc1C1CC(=O)N(C)C1=O. The number of likely N-dealkylation sites (N-methyl/N-ethyl adjacent to an activating group) is 1. The van der Waals surface area contributed by atoms with Crippen LogP contribution in [0.1, 0.15) is 17.9 Å². The lowest BCUT2D eigenvalue weighted by molar-refractivity contribution is -0.137. The van der Waals surface area contributed by atoms with E-state index in [1.807, 2.05) is 0 Å².